The van der Waals surface area contributed by atoms with Crippen molar-refractivity contribution in [3.8, 4) is 56.0 Å². The molecule has 96 heavy (non-hydrogen) atoms. The Balaban J connectivity index is 0.934. The Bertz CT molecular complexity index is 4640. The second kappa shape index (κ2) is 24.1. The number of aryl methyl sites for hydroxylation is 6. The zero-order valence-electron chi connectivity index (χ0n) is 57.9. The largest absolute Gasteiger partial charge is 0.493 e. The first kappa shape index (κ1) is 62.3. The van der Waals surface area contributed by atoms with E-state index in [-0.39, 0.29) is 21.7 Å². The molecule has 14 heterocycles. The molecule has 0 saturated heterocycles. The van der Waals surface area contributed by atoms with Crippen molar-refractivity contribution in [2.75, 3.05) is 13.2 Å². The number of ether oxygens (including phenoxy) is 2. The lowest BCUT2D eigenvalue weighted by molar-refractivity contribution is 0.303. The molecule has 6 N–H and O–H groups in total. The van der Waals surface area contributed by atoms with Gasteiger partial charge in [0.05, 0.1) is 36.0 Å². The summed E-state index contributed by atoms with van der Waals surface area (Å²) >= 11 is 0. The van der Waals surface area contributed by atoms with Crippen LogP contribution in [0.4, 0.5) is 0 Å². The summed E-state index contributed by atoms with van der Waals surface area (Å²) in [5.74, 6) is 1.63. The molecule has 0 unspecified atom stereocenters. The summed E-state index contributed by atoms with van der Waals surface area (Å²) in [6, 6.07) is 53.8. The van der Waals surface area contributed by atoms with E-state index in [0.29, 0.717) is 13.2 Å². The van der Waals surface area contributed by atoms with Crippen LogP contribution in [0, 0.1) is 41.5 Å². The fraction of sp³-hybridized carbons (Fsp3) is 0.302. The van der Waals surface area contributed by atoms with Crippen molar-refractivity contribution in [2.24, 2.45) is 0 Å². The molecule has 486 valence electrons. The fourth-order valence-corrected chi connectivity index (χ4v) is 16.4. The first-order valence-corrected chi connectivity index (χ1v) is 34.8. The lowest BCUT2D eigenvalue weighted by atomic mass is 9.78. The van der Waals surface area contributed by atoms with Crippen LogP contribution < -0.4 is 9.47 Å². The van der Waals surface area contributed by atoms with Gasteiger partial charge < -0.3 is 39.4 Å². The van der Waals surface area contributed by atoms with E-state index < -0.39 is 0 Å². The van der Waals surface area contributed by atoms with Gasteiger partial charge in [0, 0.05) is 123 Å². The van der Waals surface area contributed by atoms with E-state index in [1.165, 1.54) is 78.9 Å². The maximum absolute atomic E-state index is 7.08. The first-order valence-electron chi connectivity index (χ1n) is 34.8. The molecule has 0 aliphatic carbocycles. The lowest BCUT2D eigenvalue weighted by Crippen LogP contribution is -2.29. The van der Waals surface area contributed by atoms with E-state index >= 15 is 0 Å². The average Bonchev–Trinajstić information content (AvgIpc) is 1.60. The molecular formula is C86H90N8O2. The Morgan fingerprint density at radius 2 is 0.615 bits per heavy atom. The van der Waals surface area contributed by atoms with Crippen molar-refractivity contribution in [1.82, 2.24) is 39.9 Å². The van der Waals surface area contributed by atoms with Gasteiger partial charge in [0.15, 0.2) is 0 Å². The van der Waals surface area contributed by atoms with Gasteiger partial charge >= 0.3 is 0 Å². The van der Waals surface area contributed by atoms with Gasteiger partial charge in [0.2, 0.25) is 0 Å². The third-order valence-corrected chi connectivity index (χ3v) is 21.9. The van der Waals surface area contributed by atoms with Gasteiger partial charge in [-0.3, -0.25) is 0 Å². The Morgan fingerprint density at radius 1 is 0.312 bits per heavy atom. The van der Waals surface area contributed by atoms with Crippen LogP contribution in [0.25, 0.3) is 90.9 Å². The van der Waals surface area contributed by atoms with E-state index in [1.54, 1.807) is 0 Å². The van der Waals surface area contributed by atoms with Gasteiger partial charge in [-0.25, -0.2) is 9.97 Å². The molecule has 18 rings (SSSR count). The van der Waals surface area contributed by atoms with Gasteiger partial charge in [-0.05, 0) is 251 Å². The quantitative estimate of drug-likeness (QED) is 0.103. The summed E-state index contributed by atoms with van der Waals surface area (Å²) in [6.45, 7) is 28.6. The highest BCUT2D eigenvalue weighted by Crippen LogP contribution is 2.47. The number of hydrogen-bond acceptors (Lipinski definition) is 4. The van der Waals surface area contributed by atoms with E-state index in [2.05, 4.69) is 283 Å². The number of rotatable bonds is 2. The predicted octanol–water partition coefficient (Wildman–Crippen LogP) is 21.7. The number of hydrogen-bond donors (Lipinski definition) is 6. The monoisotopic (exact) mass is 1270 g/mol. The van der Waals surface area contributed by atoms with E-state index in [4.69, 9.17) is 19.4 Å². The Labute approximate surface area is 565 Å². The van der Waals surface area contributed by atoms with Crippen LogP contribution in [0.3, 0.4) is 0 Å². The molecule has 10 heteroatoms. The molecule has 0 saturated carbocycles. The highest BCUT2D eigenvalue weighted by molar-refractivity contribution is 6.02. The molecule has 20 bridgehead atoms. The van der Waals surface area contributed by atoms with E-state index in [9.17, 15) is 0 Å². The van der Waals surface area contributed by atoms with Crippen LogP contribution in [0.1, 0.15) is 195 Å². The van der Waals surface area contributed by atoms with E-state index in [1.807, 2.05) is 0 Å². The van der Waals surface area contributed by atoms with Crippen LogP contribution in [0.15, 0.2) is 146 Å². The highest BCUT2D eigenvalue weighted by atomic mass is 16.5. The summed E-state index contributed by atoms with van der Waals surface area (Å²) in [4.78, 5) is 35.9. The van der Waals surface area contributed by atoms with Crippen LogP contribution in [0.2, 0.25) is 0 Å². The maximum atomic E-state index is 7.08. The van der Waals surface area contributed by atoms with Gasteiger partial charge in [0.25, 0.3) is 0 Å². The third-order valence-electron chi connectivity index (χ3n) is 21.9. The Hall–Kier alpha value is -9.80. The number of H-pyrrole nitrogens is 6. The zero-order chi connectivity index (χ0) is 66.4. The number of nitrogens with one attached hydrogen (secondary N) is 6. The molecule has 0 atom stereocenters. The van der Waals surface area contributed by atoms with E-state index in [0.717, 1.165) is 152 Å². The summed E-state index contributed by atoms with van der Waals surface area (Å²) in [6.07, 6.45) is 16.4. The molecule has 10 nitrogen and oxygen atoms in total. The SMILES string of the molecule is Cc1cc(C)c(-c2c3nc(c4c5ccc([nH]5)c(-c5c(C)cc(C)cc5C)c5nc(c(c6ccc2[nH]6)-c2ccccc2OCCCCCC2(C)c6ccc([nH]6)C(C)(C)c6ccc([nH]6)C(C)(CCCCCOc6ccccc6-4)c4ccc([nH]4)C(C)(C)c4ccc2[nH]4)C=C5)C=C3)c(C)c1. The predicted molar refractivity (Wildman–Crippen MR) is 397 cm³/mol. The molecule has 0 radical (unpaired) electrons. The zero-order valence-corrected chi connectivity index (χ0v) is 57.9. The third kappa shape index (κ3) is 10.8. The summed E-state index contributed by atoms with van der Waals surface area (Å²) in [5, 5.41) is 0. The molecule has 0 fully saturated rings. The molecule has 0 amide bonds. The lowest BCUT2D eigenvalue weighted by Gasteiger charge is -2.31. The first-order chi connectivity index (χ1) is 46.3. The van der Waals surface area contributed by atoms with Gasteiger partial charge in [-0.2, -0.15) is 0 Å². The molecule has 4 aromatic carbocycles. The molecule has 0 spiro atoms. The summed E-state index contributed by atoms with van der Waals surface area (Å²) in [7, 11) is 0. The summed E-state index contributed by atoms with van der Waals surface area (Å²) in [5.41, 5.74) is 30.8. The molecular weight excluding hydrogens is 1180 g/mol. The standard InChI is InChI=1S/C86H90N8O2/c1-51-47-53(3)77(54(4)48-51)81-63-31-27-59(87-63)79-57-23-15-17-25-67(57)95-45-21-13-19-43-85(11)73-39-35-69(91-73)83(7,8)70-36-40-74(92-70)86(12,76-42-38-72(94-76)84(9,10)71-37-41-75(85)93-71)44-20-14-22-46-96-68-26-18-16-24-58(68)80(60-28-32-64(81)88-60)62-30-34-66(90-62)82(65-33-29-61(79)89-65)78-55(5)49-52(2)50-56(78)6/h15-18,23-42,47-50,87,90-94H,13-14,19-22,43-46H2,1-12H3. The maximum Gasteiger partial charge on any atom is 0.127 e. The normalized spacial score (nSPS) is 18.5. The average molecular weight is 1270 g/mol. The Kier molecular flexibility index (Phi) is 15.7. The number of nitrogens with zero attached hydrogens (tertiary/aromatic N) is 2. The van der Waals surface area contributed by atoms with Gasteiger partial charge in [0.1, 0.15) is 11.5 Å². The van der Waals surface area contributed by atoms with Crippen molar-refractivity contribution in [3.63, 3.8) is 0 Å². The van der Waals surface area contributed by atoms with Crippen molar-refractivity contribution >= 4 is 46.4 Å². The second-order valence-corrected chi connectivity index (χ2v) is 29.4. The smallest absolute Gasteiger partial charge is 0.127 e. The highest BCUT2D eigenvalue weighted by Gasteiger charge is 2.39. The van der Waals surface area contributed by atoms with Crippen molar-refractivity contribution in [3.05, 3.63) is 247 Å². The minimum Gasteiger partial charge on any atom is -0.493 e. The van der Waals surface area contributed by atoms with Crippen molar-refractivity contribution in [2.45, 2.75) is 156 Å². The minimum atomic E-state index is -0.339. The Morgan fingerprint density at radius 3 is 0.958 bits per heavy atom. The van der Waals surface area contributed by atoms with Crippen LogP contribution in [-0.4, -0.2) is 53.1 Å². The molecule has 7 aromatic heterocycles. The van der Waals surface area contributed by atoms with Crippen LogP contribution in [-0.2, 0) is 21.7 Å². The minimum absolute atomic E-state index is 0.334. The topological polar surface area (TPSA) is 139 Å². The van der Waals surface area contributed by atoms with Gasteiger partial charge in [-0.15, -0.1) is 0 Å². The van der Waals surface area contributed by atoms with Crippen LogP contribution >= 0.6 is 0 Å². The van der Waals surface area contributed by atoms with Crippen molar-refractivity contribution < 1.29 is 9.47 Å². The number of benzene rings is 4. The second-order valence-electron chi connectivity index (χ2n) is 29.4. The molecule has 7 aliphatic rings. The van der Waals surface area contributed by atoms with Crippen molar-refractivity contribution in [1.29, 1.82) is 0 Å². The van der Waals surface area contributed by atoms with Crippen LogP contribution in [0.5, 0.6) is 11.5 Å². The fourth-order valence-electron chi connectivity index (χ4n) is 16.4. The summed E-state index contributed by atoms with van der Waals surface area (Å²) < 4.78 is 14.2. The molecule has 11 aromatic rings. The number of aromatic amines is 6. The van der Waals surface area contributed by atoms with Gasteiger partial charge in [-0.1, -0.05) is 97.5 Å². The number of para-hydroxylation sites is 2. The number of aromatic nitrogens is 8. The molecule has 7 aliphatic heterocycles.